The maximum absolute atomic E-state index is 14.2. The van der Waals surface area contributed by atoms with Crippen LogP contribution in [-0.2, 0) is 22.6 Å². The van der Waals surface area contributed by atoms with E-state index < -0.39 is 11.6 Å². The summed E-state index contributed by atoms with van der Waals surface area (Å²) in [7, 11) is 0. The zero-order valence-corrected chi connectivity index (χ0v) is 22.6. The summed E-state index contributed by atoms with van der Waals surface area (Å²) in [6.07, 6.45) is 0.352. The maximum atomic E-state index is 14.2. The highest BCUT2D eigenvalue weighted by molar-refractivity contribution is 6.26. The van der Waals surface area contributed by atoms with Crippen LogP contribution in [0.3, 0.4) is 0 Å². The van der Waals surface area contributed by atoms with Crippen LogP contribution in [0.2, 0.25) is 0 Å². The van der Waals surface area contributed by atoms with Gasteiger partial charge in [0.05, 0.1) is 5.69 Å². The molecule has 4 aromatic carbocycles. The van der Waals surface area contributed by atoms with Gasteiger partial charge >= 0.3 is 0 Å². The van der Waals surface area contributed by atoms with Crippen molar-refractivity contribution in [3.05, 3.63) is 114 Å². The lowest BCUT2D eigenvalue weighted by Crippen LogP contribution is -2.56. The van der Waals surface area contributed by atoms with Crippen molar-refractivity contribution < 1.29 is 14.4 Å². The van der Waals surface area contributed by atoms with E-state index in [9.17, 15) is 14.4 Å². The first-order chi connectivity index (χ1) is 18.7. The number of hydrogen-bond donors (Lipinski definition) is 1. The van der Waals surface area contributed by atoms with Gasteiger partial charge < -0.3 is 10.2 Å². The minimum atomic E-state index is -0.768. The molecule has 3 amide bonds. The molecular formula is C33H33N3O3. The van der Waals surface area contributed by atoms with E-state index in [-0.39, 0.29) is 30.8 Å². The van der Waals surface area contributed by atoms with Crippen LogP contribution in [0.1, 0.15) is 42.3 Å². The predicted molar refractivity (Wildman–Crippen MR) is 154 cm³/mol. The second kappa shape index (κ2) is 10.7. The number of nitrogens with one attached hydrogen (secondary N) is 1. The van der Waals surface area contributed by atoms with E-state index in [0.717, 1.165) is 27.6 Å². The van der Waals surface area contributed by atoms with Crippen LogP contribution in [0.25, 0.3) is 10.8 Å². The number of carbonyl (C=O) groups is 3. The van der Waals surface area contributed by atoms with Gasteiger partial charge in [-0.15, -0.1) is 0 Å². The van der Waals surface area contributed by atoms with E-state index in [1.54, 1.807) is 15.9 Å². The third-order valence-electron chi connectivity index (χ3n) is 6.91. The zero-order valence-electron chi connectivity index (χ0n) is 22.6. The standard InChI is InChI=1S/C33H33N3O3/c1-33(2,3)34-31(38)28(20-23-12-6-4-7-13-23)35(21-24-14-8-5-9-15-24)29(37)22-36-27-19-11-17-25-16-10-18-26(30(25)27)32(36)39/h4-19,28H,20-22H2,1-3H3,(H,34,38)/t28-/m0/s1. The summed E-state index contributed by atoms with van der Waals surface area (Å²) in [6.45, 7) is 5.86. The summed E-state index contributed by atoms with van der Waals surface area (Å²) in [6, 6.07) is 30.0. The van der Waals surface area contributed by atoms with E-state index in [2.05, 4.69) is 5.32 Å². The fraction of sp³-hybridized carbons (Fsp3) is 0.242. The number of carbonyl (C=O) groups excluding carboxylic acids is 3. The molecule has 1 aliphatic rings. The van der Waals surface area contributed by atoms with Gasteiger partial charge in [-0.05, 0) is 49.4 Å². The molecule has 1 aliphatic heterocycles. The van der Waals surface area contributed by atoms with Gasteiger partial charge in [0, 0.05) is 29.5 Å². The molecule has 1 N–H and O–H groups in total. The molecule has 0 saturated carbocycles. The summed E-state index contributed by atoms with van der Waals surface area (Å²) in [5.74, 6) is -0.718. The first kappa shape index (κ1) is 26.2. The largest absolute Gasteiger partial charge is 0.350 e. The molecule has 1 atom stereocenters. The fourth-order valence-corrected chi connectivity index (χ4v) is 5.15. The average Bonchev–Trinajstić information content (AvgIpc) is 3.18. The quantitative estimate of drug-likeness (QED) is 0.341. The summed E-state index contributed by atoms with van der Waals surface area (Å²) in [4.78, 5) is 44.5. The van der Waals surface area contributed by atoms with E-state index >= 15 is 0 Å². The highest BCUT2D eigenvalue weighted by Crippen LogP contribution is 2.37. The molecule has 0 fully saturated rings. The van der Waals surface area contributed by atoms with Crippen molar-refractivity contribution in [1.82, 2.24) is 10.2 Å². The Hall–Kier alpha value is -4.45. The minimum Gasteiger partial charge on any atom is -0.350 e. The van der Waals surface area contributed by atoms with Crippen molar-refractivity contribution in [3.63, 3.8) is 0 Å². The molecule has 0 aromatic heterocycles. The lowest BCUT2D eigenvalue weighted by Gasteiger charge is -2.34. The van der Waals surface area contributed by atoms with Gasteiger partial charge in [-0.25, -0.2) is 0 Å². The number of rotatable bonds is 8. The van der Waals surface area contributed by atoms with Crippen molar-refractivity contribution in [2.75, 3.05) is 11.4 Å². The third kappa shape index (κ3) is 5.70. The molecule has 5 rings (SSSR count). The van der Waals surface area contributed by atoms with Gasteiger partial charge in [-0.2, -0.15) is 0 Å². The van der Waals surface area contributed by atoms with E-state index in [1.165, 1.54) is 0 Å². The molecule has 198 valence electrons. The SMILES string of the molecule is CC(C)(C)NC(=O)[C@H](Cc1ccccc1)N(Cc1ccccc1)C(=O)CN1C(=O)c2cccc3cccc1c23. The summed E-state index contributed by atoms with van der Waals surface area (Å²) >= 11 is 0. The molecule has 0 bridgehead atoms. The summed E-state index contributed by atoms with van der Waals surface area (Å²) in [5.41, 5.74) is 2.70. The summed E-state index contributed by atoms with van der Waals surface area (Å²) < 4.78 is 0. The molecule has 0 saturated heterocycles. The Morgan fingerprint density at radius 3 is 2.08 bits per heavy atom. The Bertz CT molecular complexity index is 1500. The molecule has 39 heavy (non-hydrogen) atoms. The van der Waals surface area contributed by atoms with E-state index in [4.69, 9.17) is 0 Å². The van der Waals surface area contributed by atoms with Gasteiger partial charge in [0.25, 0.3) is 5.91 Å². The van der Waals surface area contributed by atoms with Crippen LogP contribution >= 0.6 is 0 Å². The summed E-state index contributed by atoms with van der Waals surface area (Å²) in [5, 5.41) is 4.90. The van der Waals surface area contributed by atoms with E-state index in [0.29, 0.717) is 12.0 Å². The van der Waals surface area contributed by atoms with Crippen LogP contribution < -0.4 is 10.2 Å². The van der Waals surface area contributed by atoms with Gasteiger partial charge in [0.15, 0.2) is 0 Å². The van der Waals surface area contributed by atoms with Gasteiger partial charge in [0.2, 0.25) is 11.8 Å². The van der Waals surface area contributed by atoms with Gasteiger partial charge in [-0.1, -0.05) is 84.9 Å². The van der Waals surface area contributed by atoms with Gasteiger partial charge in [-0.3, -0.25) is 19.3 Å². The van der Waals surface area contributed by atoms with Crippen LogP contribution in [-0.4, -0.2) is 40.7 Å². The molecule has 0 aliphatic carbocycles. The zero-order chi connectivity index (χ0) is 27.6. The lowest BCUT2D eigenvalue weighted by atomic mass is 10.0. The van der Waals surface area contributed by atoms with Crippen molar-refractivity contribution in [2.45, 2.75) is 45.3 Å². The smallest absolute Gasteiger partial charge is 0.259 e. The highest BCUT2D eigenvalue weighted by Gasteiger charge is 2.36. The molecule has 1 heterocycles. The molecule has 0 spiro atoms. The first-order valence-electron chi connectivity index (χ1n) is 13.2. The van der Waals surface area contributed by atoms with Crippen molar-refractivity contribution in [3.8, 4) is 0 Å². The Balaban J connectivity index is 1.51. The lowest BCUT2D eigenvalue weighted by molar-refractivity contribution is -0.140. The first-order valence-corrected chi connectivity index (χ1v) is 13.2. The van der Waals surface area contributed by atoms with Crippen molar-refractivity contribution >= 4 is 34.2 Å². The molecule has 0 radical (unpaired) electrons. The maximum Gasteiger partial charge on any atom is 0.259 e. The topological polar surface area (TPSA) is 69.7 Å². The Morgan fingerprint density at radius 2 is 1.44 bits per heavy atom. The number of benzene rings is 4. The predicted octanol–water partition coefficient (Wildman–Crippen LogP) is 5.35. The molecule has 6 nitrogen and oxygen atoms in total. The Labute approximate surface area is 229 Å². The Kier molecular flexibility index (Phi) is 7.20. The van der Waals surface area contributed by atoms with Crippen molar-refractivity contribution in [1.29, 1.82) is 0 Å². The number of amides is 3. The van der Waals surface area contributed by atoms with Crippen LogP contribution in [0.5, 0.6) is 0 Å². The molecular weight excluding hydrogens is 486 g/mol. The molecule has 4 aromatic rings. The van der Waals surface area contributed by atoms with Crippen LogP contribution in [0, 0.1) is 0 Å². The van der Waals surface area contributed by atoms with Gasteiger partial charge in [0.1, 0.15) is 12.6 Å². The Morgan fingerprint density at radius 1 is 0.821 bits per heavy atom. The third-order valence-corrected chi connectivity index (χ3v) is 6.91. The van der Waals surface area contributed by atoms with E-state index in [1.807, 2.05) is 112 Å². The molecule has 6 heteroatoms. The average molecular weight is 520 g/mol. The number of anilines is 1. The normalized spacial score (nSPS) is 13.4. The second-order valence-corrected chi connectivity index (χ2v) is 11.0. The molecule has 0 unspecified atom stereocenters. The number of hydrogen-bond acceptors (Lipinski definition) is 3. The highest BCUT2D eigenvalue weighted by atomic mass is 16.2. The van der Waals surface area contributed by atoms with Crippen LogP contribution in [0.4, 0.5) is 5.69 Å². The monoisotopic (exact) mass is 519 g/mol. The number of nitrogens with zero attached hydrogens (tertiary/aromatic N) is 2. The fourth-order valence-electron chi connectivity index (χ4n) is 5.15. The van der Waals surface area contributed by atoms with Crippen molar-refractivity contribution in [2.24, 2.45) is 0 Å². The minimum absolute atomic E-state index is 0.159. The second-order valence-electron chi connectivity index (χ2n) is 11.0. The van der Waals surface area contributed by atoms with Crippen LogP contribution in [0.15, 0.2) is 97.1 Å².